The van der Waals surface area contributed by atoms with Gasteiger partial charge in [-0.1, -0.05) is 6.07 Å². The molecule has 1 unspecified atom stereocenters. The highest BCUT2D eigenvalue weighted by Gasteiger charge is 2.30. The number of rotatable bonds is 7. The second-order valence-corrected chi connectivity index (χ2v) is 9.78. The predicted octanol–water partition coefficient (Wildman–Crippen LogP) is 3.63. The molecule has 1 saturated heterocycles. The first kappa shape index (κ1) is 24.2. The van der Waals surface area contributed by atoms with Crippen molar-refractivity contribution >= 4 is 34.1 Å². The summed E-state index contributed by atoms with van der Waals surface area (Å²) in [5, 5.41) is 14.3. The van der Waals surface area contributed by atoms with E-state index in [-0.39, 0.29) is 23.6 Å². The molecule has 1 amide bonds. The summed E-state index contributed by atoms with van der Waals surface area (Å²) in [6, 6.07) is 7.28. The summed E-state index contributed by atoms with van der Waals surface area (Å²) in [7, 11) is 3.20. The van der Waals surface area contributed by atoms with Crippen molar-refractivity contribution in [3.63, 3.8) is 0 Å². The molecule has 1 aromatic carbocycles. The van der Waals surface area contributed by atoms with Crippen LogP contribution in [0.25, 0.3) is 22.4 Å². The molecule has 3 aromatic heterocycles. The maximum absolute atomic E-state index is 12.9. The molecule has 198 valence electrons. The number of pyridine rings is 1. The van der Waals surface area contributed by atoms with Crippen molar-refractivity contribution in [2.45, 2.75) is 45.3 Å². The van der Waals surface area contributed by atoms with Gasteiger partial charge in [0, 0.05) is 25.6 Å². The molecule has 12 nitrogen and oxygen atoms in total. The van der Waals surface area contributed by atoms with Crippen molar-refractivity contribution in [3.8, 4) is 17.1 Å². The zero-order chi connectivity index (χ0) is 26.4. The van der Waals surface area contributed by atoms with Crippen molar-refractivity contribution in [3.05, 3.63) is 40.4 Å². The first-order valence-electron chi connectivity index (χ1n) is 12.8. The second-order valence-electron chi connectivity index (χ2n) is 9.78. The van der Waals surface area contributed by atoms with Crippen LogP contribution in [0.15, 0.2) is 29.1 Å². The Balaban J connectivity index is 1.39. The van der Waals surface area contributed by atoms with E-state index in [0.717, 1.165) is 37.9 Å². The summed E-state index contributed by atoms with van der Waals surface area (Å²) in [5.74, 6) is 2.11. The van der Waals surface area contributed by atoms with Gasteiger partial charge in [0.2, 0.25) is 5.91 Å². The van der Waals surface area contributed by atoms with Gasteiger partial charge < -0.3 is 20.1 Å². The number of nitrogens with zero attached hydrogens (tertiary/aromatic N) is 5. The summed E-state index contributed by atoms with van der Waals surface area (Å²) in [6.07, 6.45) is 4.66. The summed E-state index contributed by atoms with van der Waals surface area (Å²) >= 11 is 0. The summed E-state index contributed by atoms with van der Waals surface area (Å²) in [6.45, 7) is 2.63. The molecule has 3 N–H and O–H groups in total. The fourth-order valence-electron chi connectivity index (χ4n) is 4.84. The number of anilines is 3. The van der Waals surface area contributed by atoms with Crippen LogP contribution in [0.3, 0.4) is 0 Å². The summed E-state index contributed by atoms with van der Waals surface area (Å²) in [4.78, 5) is 34.5. The Kier molecular flexibility index (Phi) is 6.10. The van der Waals surface area contributed by atoms with Gasteiger partial charge in [0.05, 0.1) is 24.0 Å². The number of ether oxygens (including phenoxy) is 2. The number of para-hydroxylation sites is 1. The number of carbonyl (C=O) groups excluding carboxylic acids is 1. The Hall–Kier alpha value is -4.19. The molecule has 0 bridgehead atoms. The van der Waals surface area contributed by atoms with Crippen molar-refractivity contribution in [2.75, 3.05) is 24.4 Å². The molecule has 1 saturated carbocycles. The minimum atomic E-state index is -0.242. The number of H-pyrrole nitrogens is 1. The minimum Gasteiger partial charge on any atom is -0.494 e. The molecule has 1 atom stereocenters. The normalized spacial score (nSPS) is 17.5. The standard InChI is InChI=1S/C26H30N8O4/c1-14-27-23(32-34(14)20-9-4-5-12-38-20)16-7-6-8-17(22(16)37-3)28-18-13-19(30-25(35)15-10-11-15)29-24-21(18)26(36)33(2)31-24/h6-8,13,15,20H,4-5,9-12H2,1-3H3,(H3,28,29,30,31,35). The topological polar surface area (TPSA) is 141 Å². The number of nitrogens with one attached hydrogen (secondary N) is 3. The van der Waals surface area contributed by atoms with Crippen molar-refractivity contribution in [2.24, 2.45) is 13.0 Å². The van der Waals surface area contributed by atoms with Crippen LogP contribution in [0.5, 0.6) is 5.75 Å². The van der Waals surface area contributed by atoms with Crippen LogP contribution in [-0.2, 0) is 16.6 Å². The number of aromatic nitrogens is 6. The predicted molar refractivity (Wildman–Crippen MR) is 142 cm³/mol. The summed E-state index contributed by atoms with van der Waals surface area (Å²) < 4.78 is 14.9. The molecular weight excluding hydrogens is 488 g/mol. The molecule has 1 aliphatic carbocycles. The average Bonchev–Trinajstić information content (AvgIpc) is 3.64. The van der Waals surface area contributed by atoms with E-state index >= 15 is 0 Å². The van der Waals surface area contributed by atoms with Crippen LogP contribution in [0.4, 0.5) is 17.2 Å². The monoisotopic (exact) mass is 518 g/mol. The van der Waals surface area contributed by atoms with Crippen molar-refractivity contribution in [1.82, 2.24) is 29.5 Å². The first-order valence-corrected chi connectivity index (χ1v) is 12.8. The number of aromatic amines is 1. The van der Waals surface area contributed by atoms with Gasteiger partial charge in [0.25, 0.3) is 5.56 Å². The Morgan fingerprint density at radius 3 is 2.76 bits per heavy atom. The zero-order valence-electron chi connectivity index (χ0n) is 21.6. The van der Waals surface area contributed by atoms with Gasteiger partial charge in [-0.2, -0.15) is 0 Å². The fraction of sp³-hybridized carbons (Fsp3) is 0.423. The Bertz CT molecular complexity index is 1580. The molecule has 6 rings (SSSR count). The van der Waals surface area contributed by atoms with Crippen LogP contribution < -0.4 is 20.9 Å². The number of amides is 1. The minimum absolute atomic E-state index is 0.0188. The lowest BCUT2D eigenvalue weighted by molar-refractivity contribution is -0.117. The van der Waals surface area contributed by atoms with E-state index in [4.69, 9.17) is 19.6 Å². The Morgan fingerprint density at radius 2 is 2.03 bits per heavy atom. The van der Waals surface area contributed by atoms with E-state index in [2.05, 4.69) is 20.7 Å². The van der Waals surface area contributed by atoms with E-state index in [9.17, 15) is 9.59 Å². The molecule has 2 fully saturated rings. The van der Waals surface area contributed by atoms with Crippen LogP contribution >= 0.6 is 0 Å². The molecule has 0 spiro atoms. The third-order valence-electron chi connectivity index (χ3n) is 6.97. The van der Waals surface area contributed by atoms with Gasteiger partial charge in [0.15, 0.2) is 23.4 Å². The molecule has 4 aromatic rings. The smallest absolute Gasteiger partial charge is 0.277 e. The van der Waals surface area contributed by atoms with Crippen LogP contribution in [0.2, 0.25) is 0 Å². The quantitative estimate of drug-likeness (QED) is 0.337. The van der Waals surface area contributed by atoms with E-state index < -0.39 is 0 Å². The van der Waals surface area contributed by atoms with Crippen LogP contribution in [-0.4, -0.2) is 49.2 Å². The maximum Gasteiger partial charge on any atom is 0.277 e. The lowest BCUT2D eigenvalue weighted by atomic mass is 10.1. The lowest BCUT2D eigenvalue weighted by Crippen LogP contribution is -2.20. The zero-order valence-corrected chi connectivity index (χ0v) is 21.6. The second kappa shape index (κ2) is 9.60. The largest absolute Gasteiger partial charge is 0.494 e. The Morgan fingerprint density at radius 1 is 1.18 bits per heavy atom. The maximum atomic E-state index is 12.9. The third-order valence-corrected chi connectivity index (χ3v) is 6.97. The van der Waals surface area contributed by atoms with Crippen LogP contribution in [0, 0.1) is 12.8 Å². The van der Waals surface area contributed by atoms with Crippen molar-refractivity contribution in [1.29, 1.82) is 0 Å². The number of carbonyl (C=O) groups is 1. The highest BCUT2D eigenvalue weighted by atomic mass is 16.5. The number of aryl methyl sites for hydroxylation is 2. The van der Waals surface area contributed by atoms with Gasteiger partial charge in [-0.25, -0.2) is 14.6 Å². The molecule has 4 heterocycles. The molecule has 0 radical (unpaired) electrons. The molecule has 1 aliphatic heterocycles. The number of fused-ring (bicyclic) bond motifs is 1. The molecule has 2 aliphatic rings. The fourth-order valence-corrected chi connectivity index (χ4v) is 4.84. The van der Waals surface area contributed by atoms with Crippen molar-refractivity contribution < 1.29 is 14.3 Å². The lowest BCUT2D eigenvalue weighted by Gasteiger charge is -2.23. The SMILES string of the molecule is COc1c(Nc2cc(NC(=O)C3CC3)nc3[nH]n(C)c(=O)c23)cccc1-c1nc(C)n(C2CCCCO2)n1. The van der Waals surface area contributed by atoms with Gasteiger partial charge in [-0.15, -0.1) is 5.10 Å². The van der Waals surface area contributed by atoms with Gasteiger partial charge in [0.1, 0.15) is 17.0 Å². The number of benzene rings is 1. The van der Waals surface area contributed by atoms with E-state index in [1.807, 2.05) is 29.8 Å². The number of hydrogen-bond acceptors (Lipinski definition) is 8. The number of hydrogen-bond donors (Lipinski definition) is 3. The number of methoxy groups -OCH3 is 1. The van der Waals surface area contributed by atoms with Gasteiger partial charge in [-0.3, -0.25) is 19.4 Å². The van der Waals surface area contributed by atoms with E-state index in [1.54, 1.807) is 20.2 Å². The van der Waals surface area contributed by atoms with Crippen LogP contribution in [0.1, 0.15) is 44.2 Å². The van der Waals surface area contributed by atoms with E-state index in [0.29, 0.717) is 52.0 Å². The van der Waals surface area contributed by atoms with Gasteiger partial charge >= 0.3 is 0 Å². The van der Waals surface area contributed by atoms with E-state index in [1.165, 1.54) is 4.68 Å². The van der Waals surface area contributed by atoms with Gasteiger partial charge in [-0.05, 0) is 51.2 Å². The first-order chi connectivity index (χ1) is 18.4. The highest BCUT2D eigenvalue weighted by Crippen LogP contribution is 2.38. The molecule has 12 heteroatoms. The Labute approximate surface area is 218 Å². The average molecular weight is 519 g/mol. The highest BCUT2D eigenvalue weighted by molar-refractivity contribution is 5.98. The molecule has 38 heavy (non-hydrogen) atoms. The third kappa shape index (κ3) is 4.40. The molecular formula is C26H30N8O4. The summed E-state index contributed by atoms with van der Waals surface area (Å²) in [5.41, 5.74) is 1.93.